The van der Waals surface area contributed by atoms with E-state index in [0.29, 0.717) is 6.61 Å². The molecule has 0 spiro atoms. The van der Waals surface area contributed by atoms with Crippen molar-refractivity contribution < 1.29 is 9.84 Å². The highest BCUT2D eigenvalue weighted by molar-refractivity contribution is 9.10. The predicted octanol–water partition coefficient (Wildman–Crippen LogP) is 3.24. The van der Waals surface area contributed by atoms with Gasteiger partial charge in [-0.05, 0) is 36.1 Å². The van der Waals surface area contributed by atoms with Gasteiger partial charge in [-0.25, -0.2) is 0 Å². The highest BCUT2D eigenvalue weighted by atomic mass is 79.9. The fourth-order valence-corrected chi connectivity index (χ4v) is 1.32. The molecule has 0 aliphatic carbocycles. The lowest BCUT2D eigenvalue weighted by Crippen LogP contribution is -2.19. The Hall–Kier alpha value is -0.540. The van der Waals surface area contributed by atoms with Gasteiger partial charge in [0, 0.05) is 11.1 Å². The first-order valence-electron chi connectivity index (χ1n) is 5.03. The Bertz CT molecular complexity index is 293. The molecule has 0 aliphatic heterocycles. The third-order valence-electron chi connectivity index (χ3n) is 2.29. The van der Waals surface area contributed by atoms with Crippen molar-refractivity contribution in [2.75, 3.05) is 13.2 Å². The van der Waals surface area contributed by atoms with Gasteiger partial charge in [-0.1, -0.05) is 29.8 Å². The lowest BCUT2D eigenvalue weighted by atomic mass is 9.91. The average molecular weight is 273 g/mol. The Labute approximate surface area is 99.4 Å². The van der Waals surface area contributed by atoms with E-state index in [2.05, 4.69) is 15.9 Å². The lowest BCUT2D eigenvalue weighted by molar-refractivity contribution is 0.128. The smallest absolute Gasteiger partial charge is 0.119 e. The number of rotatable bonds is 5. The maximum Gasteiger partial charge on any atom is 0.119 e. The van der Waals surface area contributed by atoms with Gasteiger partial charge < -0.3 is 9.84 Å². The van der Waals surface area contributed by atoms with Crippen molar-refractivity contribution in [3.8, 4) is 5.75 Å². The summed E-state index contributed by atoms with van der Waals surface area (Å²) in [4.78, 5) is 0. The van der Waals surface area contributed by atoms with E-state index in [4.69, 9.17) is 9.84 Å². The summed E-state index contributed by atoms with van der Waals surface area (Å²) in [6.07, 6.45) is 0.847. The second-order valence-electron chi connectivity index (χ2n) is 4.37. The lowest BCUT2D eigenvalue weighted by Gasteiger charge is -2.21. The molecule has 0 radical (unpaired) electrons. The van der Waals surface area contributed by atoms with Crippen molar-refractivity contribution in [3.63, 3.8) is 0 Å². The summed E-state index contributed by atoms with van der Waals surface area (Å²) in [6, 6.07) is 7.76. The van der Waals surface area contributed by atoms with Crippen LogP contribution in [0.2, 0.25) is 0 Å². The molecular weight excluding hydrogens is 256 g/mol. The molecule has 0 saturated heterocycles. The zero-order chi connectivity index (χ0) is 11.3. The Balaban J connectivity index is 2.35. The second kappa shape index (κ2) is 5.52. The predicted molar refractivity (Wildman–Crippen MR) is 65.1 cm³/mol. The number of aliphatic hydroxyl groups excluding tert-OH is 1. The van der Waals surface area contributed by atoms with Crippen LogP contribution in [-0.4, -0.2) is 18.3 Å². The quantitative estimate of drug-likeness (QED) is 0.892. The van der Waals surface area contributed by atoms with E-state index < -0.39 is 0 Å². The average Bonchev–Trinajstić information content (AvgIpc) is 2.21. The Morgan fingerprint density at radius 1 is 1.27 bits per heavy atom. The molecule has 15 heavy (non-hydrogen) atoms. The standard InChI is InChI=1S/C12H17BrO2/c1-12(2,9-14)7-8-15-11-5-3-10(13)4-6-11/h3-6,14H,7-9H2,1-2H3. The van der Waals surface area contributed by atoms with Gasteiger partial charge in [0.25, 0.3) is 0 Å². The zero-order valence-corrected chi connectivity index (χ0v) is 10.8. The third kappa shape index (κ3) is 4.67. The van der Waals surface area contributed by atoms with Gasteiger partial charge in [-0.15, -0.1) is 0 Å². The summed E-state index contributed by atoms with van der Waals surface area (Å²) in [5.41, 5.74) is -0.0602. The monoisotopic (exact) mass is 272 g/mol. The van der Waals surface area contributed by atoms with Crippen LogP contribution >= 0.6 is 15.9 Å². The minimum Gasteiger partial charge on any atom is -0.494 e. The minimum atomic E-state index is -0.0602. The van der Waals surface area contributed by atoms with Crippen LogP contribution in [0.5, 0.6) is 5.75 Å². The molecule has 0 aromatic heterocycles. The molecular formula is C12H17BrO2. The molecule has 0 unspecified atom stereocenters. The van der Waals surface area contributed by atoms with Crippen LogP contribution in [0.25, 0.3) is 0 Å². The Kier molecular flexibility index (Phi) is 4.61. The first-order valence-corrected chi connectivity index (χ1v) is 5.82. The molecule has 1 rings (SSSR count). The van der Waals surface area contributed by atoms with Crippen LogP contribution in [0.4, 0.5) is 0 Å². The van der Waals surface area contributed by atoms with Crippen molar-refractivity contribution >= 4 is 15.9 Å². The summed E-state index contributed by atoms with van der Waals surface area (Å²) in [5, 5.41) is 9.07. The molecule has 2 nitrogen and oxygen atoms in total. The zero-order valence-electron chi connectivity index (χ0n) is 9.16. The number of aliphatic hydroxyl groups is 1. The van der Waals surface area contributed by atoms with E-state index in [0.717, 1.165) is 16.6 Å². The van der Waals surface area contributed by atoms with Crippen molar-refractivity contribution in [2.24, 2.45) is 5.41 Å². The molecule has 0 bridgehead atoms. The van der Waals surface area contributed by atoms with E-state index in [1.54, 1.807) is 0 Å². The summed E-state index contributed by atoms with van der Waals surface area (Å²) < 4.78 is 6.61. The van der Waals surface area contributed by atoms with Crippen molar-refractivity contribution in [3.05, 3.63) is 28.7 Å². The summed E-state index contributed by atoms with van der Waals surface area (Å²) >= 11 is 3.37. The van der Waals surface area contributed by atoms with Gasteiger partial charge in [-0.2, -0.15) is 0 Å². The van der Waals surface area contributed by atoms with Crippen molar-refractivity contribution in [1.82, 2.24) is 0 Å². The largest absolute Gasteiger partial charge is 0.494 e. The Morgan fingerprint density at radius 2 is 1.87 bits per heavy atom. The van der Waals surface area contributed by atoms with Gasteiger partial charge in [0.15, 0.2) is 0 Å². The van der Waals surface area contributed by atoms with Crippen LogP contribution in [0.15, 0.2) is 28.7 Å². The van der Waals surface area contributed by atoms with E-state index in [-0.39, 0.29) is 12.0 Å². The number of ether oxygens (including phenoxy) is 1. The first kappa shape index (κ1) is 12.5. The summed E-state index contributed by atoms with van der Waals surface area (Å²) in [7, 11) is 0. The van der Waals surface area contributed by atoms with Crippen molar-refractivity contribution in [2.45, 2.75) is 20.3 Å². The maximum atomic E-state index is 9.07. The molecule has 1 aromatic carbocycles. The van der Waals surface area contributed by atoms with Gasteiger partial charge in [-0.3, -0.25) is 0 Å². The molecule has 0 atom stereocenters. The molecule has 0 fully saturated rings. The topological polar surface area (TPSA) is 29.5 Å². The number of halogens is 1. The molecule has 1 aromatic rings. The van der Waals surface area contributed by atoms with Crippen LogP contribution < -0.4 is 4.74 Å². The van der Waals surface area contributed by atoms with E-state index >= 15 is 0 Å². The summed E-state index contributed by atoms with van der Waals surface area (Å²) in [5.74, 6) is 0.868. The molecule has 0 saturated carbocycles. The van der Waals surface area contributed by atoms with Gasteiger partial charge in [0.2, 0.25) is 0 Å². The normalized spacial score (nSPS) is 11.5. The molecule has 0 heterocycles. The molecule has 84 valence electrons. The van der Waals surface area contributed by atoms with E-state index in [1.807, 2.05) is 38.1 Å². The van der Waals surface area contributed by atoms with Gasteiger partial charge in [0.1, 0.15) is 5.75 Å². The molecule has 0 amide bonds. The van der Waals surface area contributed by atoms with E-state index in [1.165, 1.54) is 0 Å². The fraction of sp³-hybridized carbons (Fsp3) is 0.500. The second-order valence-corrected chi connectivity index (χ2v) is 5.29. The number of hydrogen-bond donors (Lipinski definition) is 1. The van der Waals surface area contributed by atoms with Gasteiger partial charge in [0.05, 0.1) is 6.61 Å². The minimum absolute atomic E-state index is 0.0602. The summed E-state index contributed by atoms with van der Waals surface area (Å²) in [6.45, 7) is 4.88. The van der Waals surface area contributed by atoms with E-state index in [9.17, 15) is 0 Å². The Morgan fingerprint density at radius 3 is 2.40 bits per heavy atom. The van der Waals surface area contributed by atoms with Crippen LogP contribution in [0.3, 0.4) is 0 Å². The van der Waals surface area contributed by atoms with Crippen molar-refractivity contribution in [1.29, 1.82) is 0 Å². The molecule has 3 heteroatoms. The third-order valence-corrected chi connectivity index (χ3v) is 2.82. The molecule has 1 N–H and O–H groups in total. The SMILES string of the molecule is CC(C)(CO)CCOc1ccc(Br)cc1. The fourth-order valence-electron chi connectivity index (χ4n) is 1.06. The number of benzene rings is 1. The first-order chi connectivity index (χ1) is 7.03. The number of hydrogen-bond acceptors (Lipinski definition) is 2. The van der Waals surface area contributed by atoms with Crippen LogP contribution in [0, 0.1) is 5.41 Å². The van der Waals surface area contributed by atoms with Crippen LogP contribution in [-0.2, 0) is 0 Å². The highest BCUT2D eigenvalue weighted by Crippen LogP contribution is 2.21. The van der Waals surface area contributed by atoms with Gasteiger partial charge >= 0.3 is 0 Å². The maximum absolute atomic E-state index is 9.07. The highest BCUT2D eigenvalue weighted by Gasteiger charge is 2.15. The molecule has 0 aliphatic rings. The van der Waals surface area contributed by atoms with Crippen LogP contribution in [0.1, 0.15) is 20.3 Å².